The highest BCUT2D eigenvalue weighted by Gasteiger charge is 2.51. The average molecular weight is 863 g/mol. The summed E-state index contributed by atoms with van der Waals surface area (Å²) in [5.74, 6) is -1.10. The molecular weight excluding hydrogens is 779 g/mol. The van der Waals surface area contributed by atoms with E-state index in [4.69, 9.17) is 18.5 Å². The maximum atomic E-state index is 12.8. The highest BCUT2D eigenvalue weighted by molar-refractivity contribution is 7.47. The van der Waals surface area contributed by atoms with E-state index in [0.29, 0.717) is 12.8 Å². The predicted octanol–water partition coefficient (Wildman–Crippen LogP) is 8.84. The lowest BCUT2D eigenvalue weighted by atomic mass is 9.85. The number of allylic oxidation sites excluding steroid dienone is 4. The summed E-state index contributed by atoms with van der Waals surface area (Å²) in [4.78, 5) is 35.7. The molecule has 13 nitrogen and oxygen atoms in total. The van der Waals surface area contributed by atoms with Gasteiger partial charge in [-0.3, -0.25) is 18.6 Å². The summed E-state index contributed by atoms with van der Waals surface area (Å²) < 4.78 is 33.5. The van der Waals surface area contributed by atoms with Crippen molar-refractivity contribution in [2.75, 3.05) is 13.2 Å². The minimum atomic E-state index is -5.11. The van der Waals surface area contributed by atoms with Gasteiger partial charge in [0.05, 0.1) is 6.61 Å². The number of aliphatic hydroxyl groups is 5. The second kappa shape index (κ2) is 35.9. The fourth-order valence-corrected chi connectivity index (χ4v) is 8.00. The normalized spacial score (nSPS) is 22.5. The number of phosphoric ester groups is 1. The Balaban J connectivity index is 2.45. The van der Waals surface area contributed by atoms with Crippen LogP contribution in [0.3, 0.4) is 0 Å². The third kappa shape index (κ3) is 28.5. The van der Waals surface area contributed by atoms with E-state index in [1.165, 1.54) is 83.5 Å². The molecule has 14 heteroatoms. The maximum absolute atomic E-state index is 12.8. The summed E-state index contributed by atoms with van der Waals surface area (Å²) >= 11 is 0. The Morgan fingerprint density at radius 3 is 1.41 bits per heavy atom. The molecule has 1 fully saturated rings. The van der Waals surface area contributed by atoms with Gasteiger partial charge in [0.1, 0.15) is 43.2 Å². The molecule has 0 spiro atoms. The third-order valence-electron chi connectivity index (χ3n) is 10.8. The van der Waals surface area contributed by atoms with Crippen molar-refractivity contribution < 1.29 is 63.1 Å². The lowest BCUT2D eigenvalue weighted by molar-refractivity contribution is -0.220. The molecule has 0 aromatic heterocycles. The van der Waals surface area contributed by atoms with Crippen LogP contribution >= 0.6 is 7.82 Å². The largest absolute Gasteiger partial charge is 0.472 e. The number of rotatable bonds is 38. The van der Waals surface area contributed by atoms with Crippen molar-refractivity contribution in [3.63, 3.8) is 0 Å². The molecule has 1 saturated carbocycles. The summed E-state index contributed by atoms with van der Waals surface area (Å²) in [6.07, 6.45) is 25.1. The molecule has 8 atom stereocenters. The van der Waals surface area contributed by atoms with Gasteiger partial charge in [-0.15, -0.1) is 0 Å². The first-order chi connectivity index (χ1) is 28.4. The summed E-state index contributed by atoms with van der Waals surface area (Å²) in [7, 11) is -5.11. The summed E-state index contributed by atoms with van der Waals surface area (Å²) in [6.45, 7) is 3.27. The predicted molar refractivity (Wildman–Crippen MR) is 230 cm³/mol. The number of hydrogen-bond acceptors (Lipinski definition) is 12. The van der Waals surface area contributed by atoms with E-state index in [-0.39, 0.29) is 12.8 Å². The van der Waals surface area contributed by atoms with E-state index in [1.54, 1.807) is 0 Å². The van der Waals surface area contributed by atoms with Crippen LogP contribution in [0.2, 0.25) is 0 Å². The van der Waals surface area contributed by atoms with Crippen molar-refractivity contribution in [2.24, 2.45) is 0 Å². The molecule has 0 aromatic rings. The number of esters is 2. The number of carbonyl (C=O) groups excluding carboxylic acids is 2. The van der Waals surface area contributed by atoms with Gasteiger partial charge >= 0.3 is 19.8 Å². The number of phosphoric acid groups is 1. The van der Waals surface area contributed by atoms with Gasteiger partial charge in [0.25, 0.3) is 0 Å². The molecule has 0 bridgehead atoms. The maximum Gasteiger partial charge on any atom is 0.472 e. The van der Waals surface area contributed by atoms with Gasteiger partial charge in [0.15, 0.2) is 6.10 Å². The van der Waals surface area contributed by atoms with Gasteiger partial charge in [0, 0.05) is 12.8 Å². The zero-order chi connectivity index (χ0) is 43.6. The molecule has 1 rings (SSSR count). The molecule has 6 unspecified atom stereocenters. The van der Waals surface area contributed by atoms with Crippen molar-refractivity contribution in [1.29, 1.82) is 0 Å². The van der Waals surface area contributed by atoms with Crippen molar-refractivity contribution in [2.45, 2.75) is 236 Å². The fraction of sp³-hybridized carbons (Fsp3) is 0.867. The monoisotopic (exact) mass is 863 g/mol. The second-order valence-corrected chi connectivity index (χ2v) is 17.7. The fourth-order valence-electron chi connectivity index (χ4n) is 7.02. The zero-order valence-corrected chi connectivity index (χ0v) is 37.4. The number of unbranched alkanes of at least 4 members (excludes halogenated alkanes) is 22. The lowest BCUT2D eigenvalue weighted by Gasteiger charge is -2.41. The SMILES string of the molecule is CCCCC/C=C/C/C=C/CCCCCCCCCC(=O)OC[C@@H](COP(=O)(O)OC1C(O)C(O)C(O)[C@H](O)C1O)OC(=O)CCCCCCCCCCCCCCC. The van der Waals surface area contributed by atoms with Crippen LogP contribution < -0.4 is 0 Å². The molecule has 59 heavy (non-hydrogen) atoms. The first-order valence-electron chi connectivity index (χ1n) is 23.1. The van der Waals surface area contributed by atoms with Crippen LogP contribution in [-0.4, -0.2) is 98.3 Å². The Morgan fingerprint density at radius 2 is 0.915 bits per heavy atom. The molecule has 0 radical (unpaired) electrons. The van der Waals surface area contributed by atoms with E-state index in [0.717, 1.165) is 70.6 Å². The zero-order valence-electron chi connectivity index (χ0n) is 36.6. The molecule has 0 heterocycles. The van der Waals surface area contributed by atoms with Crippen molar-refractivity contribution >= 4 is 19.8 Å². The Morgan fingerprint density at radius 1 is 0.525 bits per heavy atom. The van der Waals surface area contributed by atoms with Gasteiger partial charge in [0.2, 0.25) is 0 Å². The van der Waals surface area contributed by atoms with Gasteiger partial charge in [-0.05, 0) is 44.9 Å². The minimum Gasteiger partial charge on any atom is -0.462 e. The average Bonchev–Trinajstić information content (AvgIpc) is 3.21. The van der Waals surface area contributed by atoms with Crippen molar-refractivity contribution in [3.05, 3.63) is 24.3 Å². The molecule has 1 aliphatic rings. The lowest BCUT2D eigenvalue weighted by Crippen LogP contribution is -2.64. The molecule has 346 valence electrons. The summed E-state index contributed by atoms with van der Waals surface area (Å²) in [5.41, 5.74) is 0. The van der Waals surface area contributed by atoms with Crippen LogP contribution in [0.4, 0.5) is 0 Å². The van der Waals surface area contributed by atoms with Gasteiger partial charge < -0.3 is 39.9 Å². The molecule has 0 aliphatic heterocycles. The van der Waals surface area contributed by atoms with E-state index in [9.17, 15) is 44.6 Å². The van der Waals surface area contributed by atoms with Crippen LogP contribution in [0.1, 0.15) is 194 Å². The number of ether oxygens (including phenoxy) is 2. The van der Waals surface area contributed by atoms with Crippen molar-refractivity contribution in [1.82, 2.24) is 0 Å². The van der Waals surface area contributed by atoms with E-state index in [2.05, 4.69) is 38.2 Å². The minimum absolute atomic E-state index is 0.0988. The highest BCUT2D eigenvalue weighted by atomic mass is 31.2. The van der Waals surface area contributed by atoms with Crippen LogP contribution in [0, 0.1) is 0 Å². The number of aliphatic hydroxyl groups excluding tert-OH is 5. The van der Waals surface area contributed by atoms with Crippen molar-refractivity contribution in [3.8, 4) is 0 Å². The quantitative estimate of drug-likeness (QED) is 0.0149. The molecule has 0 amide bonds. The second-order valence-electron chi connectivity index (χ2n) is 16.3. The van der Waals surface area contributed by atoms with Crippen LogP contribution in [0.5, 0.6) is 0 Å². The molecule has 6 N–H and O–H groups in total. The Bertz CT molecular complexity index is 1130. The van der Waals surface area contributed by atoms with E-state index in [1.807, 2.05) is 0 Å². The summed E-state index contributed by atoms with van der Waals surface area (Å²) in [5, 5.41) is 50.1. The van der Waals surface area contributed by atoms with Gasteiger partial charge in [-0.2, -0.15) is 0 Å². The van der Waals surface area contributed by atoms with E-state index >= 15 is 0 Å². The molecule has 1 aliphatic carbocycles. The van der Waals surface area contributed by atoms with Gasteiger partial charge in [-0.25, -0.2) is 4.57 Å². The van der Waals surface area contributed by atoms with E-state index < -0.39 is 75.7 Å². The third-order valence-corrected chi connectivity index (χ3v) is 11.8. The Kier molecular flexibility index (Phi) is 33.7. The number of hydrogen-bond donors (Lipinski definition) is 6. The summed E-state index contributed by atoms with van der Waals surface area (Å²) in [6, 6.07) is 0. The van der Waals surface area contributed by atoms with Crippen LogP contribution in [0.25, 0.3) is 0 Å². The standard InChI is InChI=1S/C45H83O13P/c1-3-5-7-9-11-13-15-17-18-19-20-22-23-25-27-29-31-33-38(46)55-35-37(36-56-59(53,54)58-45-43(51)41(49)40(48)42(50)44(45)52)57-39(47)34-32-30-28-26-24-21-16-14-12-10-8-6-4-2/h11,13,17-18,37,40-45,48-52H,3-10,12,14-16,19-36H2,1-2H3,(H,53,54)/b13-11+,18-17+/t37-,40?,41-,42?,43?,44?,45?/m0/s1. The number of carbonyl (C=O) groups is 2. The smallest absolute Gasteiger partial charge is 0.462 e. The van der Waals surface area contributed by atoms with Crippen LogP contribution in [-0.2, 0) is 32.7 Å². The first-order valence-corrected chi connectivity index (χ1v) is 24.6. The Labute approximate surface area is 356 Å². The first kappa shape index (κ1) is 55.3. The van der Waals surface area contributed by atoms with Gasteiger partial charge in [-0.1, -0.05) is 160 Å². The molecular formula is C45H83O13P. The highest BCUT2D eigenvalue weighted by Crippen LogP contribution is 2.47. The Hall–Kier alpha value is -1.67. The molecule has 0 aromatic carbocycles. The van der Waals surface area contributed by atoms with Crippen LogP contribution in [0.15, 0.2) is 24.3 Å². The molecule has 0 saturated heterocycles. The topological polar surface area (TPSA) is 210 Å².